The van der Waals surface area contributed by atoms with E-state index in [4.69, 9.17) is 12.2 Å². The highest BCUT2D eigenvalue weighted by atomic mass is 127. The summed E-state index contributed by atoms with van der Waals surface area (Å²) in [6, 6.07) is 14.3. The van der Waals surface area contributed by atoms with Gasteiger partial charge < -0.3 is 10.6 Å². The van der Waals surface area contributed by atoms with Crippen LogP contribution in [0.5, 0.6) is 0 Å². The van der Waals surface area contributed by atoms with Crippen molar-refractivity contribution in [1.29, 1.82) is 0 Å². The summed E-state index contributed by atoms with van der Waals surface area (Å²) in [4.78, 5) is 23.4. The number of carbonyl (C=O) groups is 2. The van der Waals surface area contributed by atoms with Crippen molar-refractivity contribution in [2.24, 2.45) is 0 Å². The molecule has 0 atom stereocenters. The number of hydrogen-bond acceptors (Lipinski definition) is 3. The monoisotopic (exact) mass is 453 g/mol. The maximum Gasteiger partial charge on any atom is 0.257 e. The molecule has 0 fully saturated rings. The average Bonchev–Trinajstić information content (AvgIpc) is 2.56. The van der Waals surface area contributed by atoms with Gasteiger partial charge in [-0.25, -0.2) is 0 Å². The van der Waals surface area contributed by atoms with Crippen LogP contribution in [0.4, 0.5) is 11.4 Å². The molecule has 0 aliphatic rings. The van der Waals surface area contributed by atoms with Crippen molar-refractivity contribution in [3.63, 3.8) is 0 Å². The van der Waals surface area contributed by atoms with Gasteiger partial charge in [0.25, 0.3) is 5.91 Å². The number of anilines is 2. The Morgan fingerprint density at radius 2 is 1.67 bits per heavy atom. The van der Waals surface area contributed by atoms with Gasteiger partial charge in [-0.2, -0.15) is 0 Å². The normalized spacial score (nSPS) is 9.92. The van der Waals surface area contributed by atoms with Crippen molar-refractivity contribution < 1.29 is 9.59 Å². The maximum atomic E-state index is 12.1. The predicted octanol–water partition coefficient (Wildman–Crippen LogP) is 3.77. The molecular formula is C17H16IN3O2S. The Morgan fingerprint density at radius 1 is 1.04 bits per heavy atom. The molecule has 0 unspecified atom stereocenters. The van der Waals surface area contributed by atoms with Gasteiger partial charge in [0.1, 0.15) is 0 Å². The van der Waals surface area contributed by atoms with Gasteiger partial charge in [-0.3, -0.25) is 14.9 Å². The molecule has 3 N–H and O–H groups in total. The molecule has 0 bridgehead atoms. The van der Waals surface area contributed by atoms with E-state index in [0.717, 1.165) is 9.26 Å². The van der Waals surface area contributed by atoms with Crippen molar-refractivity contribution in [2.45, 2.75) is 13.3 Å². The minimum absolute atomic E-state index is 0.0454. The molecule has 0 aliphatic carbocycles. The lowest BCUT2D eigenvalue weighted by atomic mass is 10.2. The lowest BCUT2D eigenvalue weighted by molar-refractivity contribution is -0.115. The van der Waals surface area contributed by atoms with E-state index in [9.17, 15) is 9.59 Å². The van der Waals surface area contributed by atoms with E-state index in [-0.39, 0.29) is 16.9 Å². The van der Waals surface area contributed by atoms with Crippen molar-refractivity contribution >= 4 is 63.1 Å². The zero-order valence-electron chi connectivity index (χ0n) is 12.9. The number of hydrogen-bond donors (Lipinski definition) is 3. The first-order valence-electron chi connectivity index (χ1n) is 7.25. The highest BCUT2D eigenvalue weighted by molar-refractivity contribution is 14.1. The van der Waals surface area contributed by atoms with Crippen LogP contribution in [0.15, 0.2) is 48.5 Å². The Hall–Kier alpha value is -2.00. The van der Waals surface area contributed by atoms with Gasteiger partial charge in [0, 0.05) is 26.9 Å². The predicted molar refractivity (Wildman–Crippen MR) is 108 cm³/mol. The molecule has 2 aromatic rings. The quantitative estimate of drug-likeness (QED) is 0.487. The highest BCUT2D eigenvalue weighted by Crippen LogP contribution is 2.14. The van der Waals surface area contributed by atoms with Crippen LogP contribution in [0, 0.1) is 3.57 Å². The summed E-state index contributed by atoms with van der Waals surface area (Å²) in [5, 5.41) is 8.55. The first-order valence-corrected chi connectivity index (χ1v) is 8.74. The van der Waals surface area contributed by atoms with Gasteiger partial charge in [-0.1, -0.05) is 13.0 Å². The van der Waals surface area contributed by atoms with Gasteiger partial charge >= 0.3 is 0 Å². The number of carbonyl (C=O) groups excluding carboxylic acids is 2. The lowest BCUT2D eigenvalue weighted by Gasteiger charge is -2.10. The molecule has 0 heterocycles. The third-order valence-electron chi connectivity index (χ3n) is 3.06. The summed E-state index contributed by atoms with van der Waals surface area (Å²) < 4.78 is 0.976. The molecule has 0 saturated heterocycles. The van der Waals surface area contributed by atoms with Crippen LogP contribution >= 0.6 is 34.8 Å². The third-order valence-corrected chi connectivity index (χ3v) is 3.94. The topological polar surface area (TPSA) is 70.2 Å². The molecule has 2 aromatic carbocycles. The molecule has 7 heteroatoms. The third kappa shape index (κ3) is 5.57. The average molecular weight is 453 g/mol. The van der Waals surface area contributed by atoms with E-state index in [1.54, 1.807) is 43.3 Å². The fraction of sp³-hybridized carbons (Fsp3) is 0.118. The van der Waals surface area contributed by atoms with Crippen molar-refractivity contribution in [1.82, 2.24) is 5.32 Å². The number of benzene rings is 2. The van der Waals surface area contributed by atoms with E-state index in [0.29, 0.717) is 17.7 Å². The van der Waals surface area contributed by atoms with Crippen LogP contribution < -0.4 is 16.0 Å². The summed E-state index contributed by atoms with van der Waals surface area (Å²) in [5.74, 6) is -0.311. The Kier molecular flexibility index (Phi) is 6.68. The Balaban J connectivity index is 1.92. The maximum absolute atomic E-state index is 12.1. The van der Waals surface area contributed by atoms with E-state index in [2.05, 4.69) is 38.5 Å². The summed E-state index contributed by atoms with van der Waals surface area (Å²) in [6.07, 6.45) is 0.425. The van der Waals surface area contributed by atoms with Gasteiger partial charge in [0.2, 0.25) is 5.91 Å². The summed E-state index contributed by atoms with van der Waals surface area (Å²) in [5.41, 5.74) is 1.97. The Bertz CT molecular complexity index is 763. The standard InChI is InChI=1S/C17H16IN3O2S/c1-2-15(22)19-13-6-8-14(9-7-13)20-17(24)21-16(23)11-4-3-5-12(18)10-11/h3-10H,2H2,1H3,(H,19,22)(H2,20,21,23,24). The number of rotatable bonds is 4. The van der Waals surface area contributed by atoms with E-state index < -0.39 is 0 Å². The van der Waals surface area contributed by atoms with Crippen molar-refractivity contribution in [2.75, 3.05) is 10.6 Å². The van der Waals surface area contributed by atoms with Crippen LogP contribution in [-0.2, 0) is 4.79 Å². The molecule has 0 aromatic heterocycles. The minimum atomic E-state index is -0.266. The first-order chi connectivity index (χ1) is 11.5. The molecule has 0 aliphatic heterocycles. The Labute approximate surface area is 159 Å². The smallest absolute Gasteiger partial charge is 0.257 e. The van der Waals surface area contributed by atoms with E-state index >= 15 is 0 Å². The van der Waals surface area contributed by atoms with Crippen LogP contribution in [0.25, 0.3) is 0 Å². The SMILES string of the molecule is CCC(=O)Nc1ccc(NC(=S)NC(=O)c2cccc(I)c2)cc1. The highest BCUT2D eigenvalue weighted by Gasteiger charge is 2.08. The van der Waals surface area contributed by atoms with Crippen LogP contribution in [0.1, 0.15) is 23.7 Å². The number of halogens is 1. The van der Waals surface area contributed by atoms with E-state index in [1.807, 2.05) is 12.1 Å². The fourth-order valence-corrected chi connectivity index (χ4v) is 2.61. The van der Waals surface area contributed by atoms with E-state index in [1.165, 1.54) is 0 Å². The van der Waals surface area contributed by atoms with Crippen LogP contribution in [-0.4, -0.2) is 16.9 Å². The summed E-state index contributed by atoms with van der Waals surface area (Å²) in [7, 11) is 0. The van der Waals surface area contributed by atoms with Crippen LogP contribution in [0.3, 0.4) is 0 Å². The van der Waals surface area contributed by atoms with Crippen LogP contribution in [0.2, 0.25) is 0 Å². The largest absolute Gasteiger partial charge is 0.332 e. The zero-order chi connectivity index (χ0) is 17.5. The van der Waals surface area contributed by atoms with Gasteiger partial charge in [0.15, 0.2) is 5.11 Å². The minimum Gasteiger partial charge on any atom is -0.332 e. The Morgan fingerprint density at radius 3 is 2.25 bits per heavy atom. The zero-order valence-corrected chi connectivity index (χ0v) is 15.9. The molecule has 2 rings (SSSR count). The molecule has 0 spiro atoms. The van der Waals surface area contributed by atoms with Gasteiger partial charge in [0.05, 0.1) is 0 Å². The number of thiocarbonyl (C=S) groups is 1. The second kappa shape index (κ2) is 8.74. The van der Waals surface area contributed by atoms with Crippen molar-refractivity contribution in [3.8, 4) is 0 Å². The molecular weight excluding hydrogens is 437 g/mol. The second-order valence-corrected chi connectivity index (χ2v) is 6.55. The molecule has 24 heavy (non-hydrogen) atoms. The lowest BCUT2D eigenvalue weighted by Crippen LogP contribution is -2.34. The molecule has 0 saturated carbocycles. The number of amides is 2. The molecule has 0 radical (unpaired) electrons. The summed E-state index contributed by atoms with van der Waals surface area (Å²) >= 11 is 7.30. The summed E-state index contributed by atoms with van der Waals surface area (Å²) in [6.45, 7) is 1.79. The van der Waals surface area contributed by atoms with Gasteiger partial charge in [-0.05, 0) is 77.3 Å². The number of nitrogens with one attached hydrogen (secondary N) is 3. The molecule has 2 amide bonds. The molecule has 5 nitrogen and oxygen atoms in total. The van der Waals surface area contributed by atoms with Gasteiger partial charge in [-0.15, -0.1) is 0 Å². The van der Waals surface area contributed by atoms with Crippen molar-refractivity contribution in [3.05, 3.63) is 57.7 Å². The fourth-order valence-electron chi connectivity index (χ4n) is 1.85. The first kappa shape index (κ1) is 18.3. The molecule has 124 valence electrons. The second-order valence-electron chi connectivity index (χ2n) is 4.90.